The summed E-state index contributed by atoms with van der Waals surface area (Å²) in [4.78, 5) is 40.0. The third-order valence-electron chi connectivity index (χ3n) is 5.91. The second-order valence-corrected chi connectivity index (χ2v) is 10.2. The number of imide groups is 1. The van der Waals surface area contributed by atoms with Gasteiger partial charge < -0.3 is 9.47 Å². The maximum absolute atomic E-state index is 13.2. The number of amides is 2. The third kappa shape index (κ3) is 5.27. The molecule has 1 fully saturated rings. The van der Waals surface area contributed by atoms with Crippen molar-refractivity contribution >= 4 is 68.9 Å². The van der Waals surface area contributed by atoms with Gasteiger partial charge in [0.05, 0.1) is 29.1 Å². The van der Waals surface area contributed by atoms with Crippen molar-refractivity contribution in [1.29, 1.82) is 0 Å². The van der Waals surface area contributed by atoms with Gasteiger partial charge in [0.25, 0.3) is 11.1 Å². The zero-order valence-corrected chi connectivity index (χ0v) is 22.3. The first-order valence-corrected chi connectivity index (χ1v) is 13.0. The largest absolute Gasteiger partial charge is 0.493 e. The Morgan fingerprint density at radius 1 is 0.974 bits per heavy atom. The van der Waals surface area contributed by atoms with Crippen LogP contribution in [0.3, 0.4) is 0 Å². The van der Waals surface area contributed by atoms with Gasteiger partial charge in [0, 0.05) is 5.02 Å². The Hall–Kier alpha value is -3.78. The van der Waals surface area contributed by atoms with E-state index >= 15 is 0 Å². The molecule has 0 bridgehead atoms. The lowest BCUT2D eigenvalue weighted by molar-refractivity contribution is -0.123. The van der Waals surface area contributed by atoms with Gasteiger partial charge >= 0.3 is 5.97 Å². The summed E-state index contributed by atoms with van der Waals surface area (Å²) in [6.45, 7) is 0.160. The highest BCUT2D eigenvalue weighted by molar-refractivity contribution is 8.18. The molecule has 4 aromatic carbocycles. The van der Waals surface area contributed by atoms with Crippen molar-refractivity contribution in [3.05, 3.63) is 111 Å². The lowest BCUT2D eigenvalue weighted by Crippen LogP contribution is -2.27. The molecule has 4 aromatic rings. The zero-order valence-electron chi connectivity index (χ0n) is 19.9. The number of halogens is 2. The summed E-state index contributed by atoms with van der Waals surface area (Å²) in [5.74, 6) is -0.804. The van der Waals surface area contributed by atoms with E-state index in [2.05, 4.69) is 0 Å². The van der Waals surface area contributed by atoms with Crippen LogP contribution in [0.25, 0.3) is 16.8 Å². The minimum Gasteiger partial charge on any atom is -0.493 e. The monoisotopic (exact) mass is 563 g/mol. The van der Waals surface area contributed by atoms with E-state index < -0.39 is 11.9 Å². The highest BCUT2D eigenvalue weighted by atomic mass is 35.5. The molecular weight excluding hydrogens is 545 g/mol. The molecule has 5 rings (SSSR count). The van der Waals surface area contributed by atoms with Gasteiger partial charge in [-0.25, -0.2) is 4.79 Å². The third-order valence-corrected chi connectivity index (χ3v) is 7.35. The van der Waals surface area contributed by atoms with Crippen LogP contribution in [-0.4, -0.2) is 29.1 Å². The highest BCUT2D eigenvalue weighted by Crippen LogP contribution is 2.40. The molecule has 0 N–H and O–H groups in total. The van der Waals surface area contributed by atoms with Gasteiger partial charge in [0.2, 0.25) is 0 Å². The molecule has 38 heavy (non-hydrogen) atoms. The average Bonchev–Trinajstić information content (AvgIpc) is 3.17. The standard InChI is InChI=1S/C29H19Cl2NO5S/c1-36-24-14-17(13-23(31)26(24)37-28(34)19-9-11-21(30)12-10-19)15-25-27(33)32(29(35)38-25)16-20-7-4-6-18-5-2-3-8-22(18)20/h2-15H,16H2,1H3/b25-15-. The molecule has 0 atom stereocenters. The molecule has 6 nitrogen and oxygen atoms in total. The lowest BCUT2D eigenvalue weighted by atomic mass is 10.0. The van der Waals surface area contributed by atoms with Crippen molar-refractivity contribution in [3.8, 4) is 11.5 Å². The van der Waals surface area contributed by atoms with Crippen LogP contribution in [0.15, 0.2) is 83.8 Å². The summed E-state index contributed by atoms with van der Waals surface area (Å²) < 4.78 is 10.9. The minimum atomic E-state index is -0.635. The number of esters is 1. The van der Waals surface area contributed by atoms with Gasteiger partial charge in [-0.1, -0.05) is 65.7 Å². The number of carbonyl (C=O) groups is 3. The predicted molar refractivity (Wildman–Crippen MR) is 150 cm³/mol. The van der Waals surface area contributed by atoms with Crippen LogP contribution in [-0.2, 0) is 11.3 Å². The molecule has 1 saturated heterocycles. The fourth-order valence-corrected chi connectivity index (χ4v) is 5.27. The fraction of sp³-hybridized carbons (Fsp3) is 0.0690. The van der Waals surface area contributed by atoms with E-state index in [4.69, 9.17) is 32.7 Å². The average molecular weight is 564 g/mol. The van der Waals surface area contributed by atoms with Gasteiger partial charge in [-0.15, -0.1) is 0 Å². The maximum atomic E-state index is 13.2. The maximum Gasteiger partial charge on any atom is 0.343 e. The molecule has 1 heterocycles. The number of fused-ring (bicyclic) bond motifs is 1. The zero-order chi connectivity index (χ0) is 26.8. The number of rotatable bonds is 6. The summed E-state index contributed by atoms with van der Waals surface area (Å²) in [7, 11) is 1.41. The molecule has 9 heteroatoms. The molecular formula is C29H19Cl2NO5S. The second-order valence-electron chi connectivity index (χ2n) is 8.34. The Bertz CT molecular complexity index is 1610. The highest BCUT2D eigenvalue weighted by Gasteiger charge is 2.35. The van der Waals surface area contributed by atoms with Gasteiger partial charge in [-0.3, -0.25) is 14.5 Å². The molecule has 0 spiro atoms. The van der Waals surface area contributed by atoms with E-state index in [1.165, 1.54) is 30.2 Å². The van der Waals surface area contributed by atoms with Crippen LogP contribution < -0.4 is 9.47 Å². The molecule has 0 aliphatic carbocycles. The fourth-order valence-electron chi connectivity index (χ4n) is 4.05. The Kier molecular flexibility index (Phi) is 7.42. The van der Waals surface area contributed by atoms with E-state index in [0.29, 0.717) is 10.6 Å². The first kappa shape index (κ1) is 25.9. The van der Waals surface area contributed by atoms with Crippen LogP contribution >= 0.6 is 35.0 Å². The van der Waals surface area contributed by atoms with Crippen molar-refractivity contribution in [2.24, 2.45) is 0 Å². The minimum absolute atomic E-state index is 0.0373. The molecule has 1 aliphatic rings. The first-order valence-electron chi connectivity index (χ1n) is 11.4. The Morgan fingerprint density at radius 2 is 1.71 bits per heavy atom. The summed E-state index contributed by atoms with van der Waals surface area (Å²) in [5.41, 5.74) is 1.67. The Morgan fingerprint density at radius 3 is 2.47 bits per heavy atom. The predicted octanol–water partition coefficient (Wildman–Crippen LogP) is 7.61. The smallest absolute Gasteiger partial charge is 0.343 e. The number of nitrogens with zero attached hydrogens (tertiary/aromatic N) is 1. The number of ether oxygens (including phenoxy) is 2. The van der Waals surface area contributed by atoms with E-state index in [0.717, 1.165) is 28.1 Å². The summed E-state index contributed by atoms with van der Waals surface area (Å²) in [6, 6.07) is 23.0. The van der Waals surface area contributed by atoms with Gasteiger partial charge in [-0.2, -0.15) is 0 Å². The van der Waals surface area contributed by atoms with E-state index in [9.17, 15) is 14.4 Å². The summed E-state index contributed by atoms with van der Waals surface area (Å²) in [6.07, 6.45) is 1.56. The van der Waals surface area contributed by atoms with Crippen LogP contribution in [0.5, 0.6) is 11.5 Å². The summed E-state index contributed by atoms with van der Waals surface area (Å²) in [5, 5.41) is 2.25. The normalized spacial score (nSPS) is 14.4. The quantitative estimate of drug-likeness (QED) is 0.136. The van der Waals surface area contributed by atoms with E-state index in [-0.39, 0.29) is 38.8 Å². The van der Waals surface area contributed by atoms with Gasteiger partial charge in [0.15, 0.2) is 11.5 Å². The number of hydrogen-bond donors (Lipinski definition) is 0. The van der Waals surface area contributed by atoms with Crippen molar-refractivity contribution in [1.82, 2.24) is 4.90 Å². The van der Waals surface area contributed by atoms with Crippen molar-refractivity contribution in [3.63, 3.8) is 0 Å². The lowest BCUT2D eigenvalue weighted by Gasteiger charge is -2.14. The van der Waals surface area contributed by atoms with Crippen LogP contribution in [0, 0.1) is 0 Å². The number of benzene rings is 4. The SMILES string of the molecule is COc1cc(/C=C2\SC(=O)N(Cc3cccc4ccccc34)C2=O)cc(Cl)c1OC(=O)c1ccc(Cl)cc1. The van der Waals surface area contributed by atoms with Crippen molar-refractivity contribution in [2.75, 3.05) is 7.11 Å². The molecule has 2 amide bonds. The second kappa shape index (κ2) is 10.9. The molecule has 0 unspecified atom stereocenters. The summed E-state index contributed by atoms with van der Waals surface area (Å²) >= 11 is 13.2. The van der Waals surface area contributed by atoms with Gasteiger partial charge in [0.1, 0.15) is 0 Å². The number of methoxy groups -OCH3 is 1. The molecule has 190 valence electrons. The van der Waals surface area contributed by atoms with Crippen LogP contribution in [0.1, 0.15) is 21.5 Å². The molecule has 0 aromatic heterocycles. The van der Waals surface area contributed by atoms with E-state index in [1.54, 1.807) is 24.3 Å². The van der Waals surface area contributed by atoms with Crippen LogP contribution in [0.2, 0.25) is 10.0 Å². The van der Waals surface area contributed by atoms with Gasteiger partial charge in [-0.05, 0) is 76.1 Å². The first-order chi connectivity index (χ1) is 18.3. The molecule has 0 radical (unpaired) electrons. The Labute approximate surface area is 232 Å². The molecule has 1 aliphatic heterocycles. The number of hydrogen-bond acceptors (Lipinski definition) is 6. The van der Waals surface area contributed by atoms with Crippen LogP contribution in [0.4, 0.5) is 4.79 Å². The van der Waals surface area contributed by atoms with E-state index in [1.807, 2.05) is 42.5 Å². The number of thioether (sulfide) groups is 1. The van der Waals surface area contributed by atoms with Crippen molar-refractivity contribution < 1.29 is 23.9 Å². The Balaban J connectivity index is 1.38. The molecule has 0 saturated carbocycles. The number of carbonyl (C=O) groups excluding carboxylic acids is 3. The van der Waals surface area contributed by atoms with Crippen molar-refractivity contribution in [2.45, 2.75) is 6.54 Å². The topological polar surface area (TPSA) is 72.9 Å².